The maximum atomic E-state index is 12.9. The fraction of sp³-hybridized carbons (Fsp3) is 0.588. The zero-order chi connectivity index (χ0) is 32.7. The van der Waals surface area contributed by atoms with Gasteiger partial charge in [0.15, 0.2) is 0 Å². The van der Waals surface area contributed by atoms with Crippen molar-refractivity contribution in [1.29, 1.82) is 0 Å². The zero-order valence-electron chi connectivity index (χ0n) is 27.4. The van der Waals surface area contributed by atoms with Crippen LogP contribution >= 0.6 is 11.3 Å². The summed E-state index contributed by atoms with van der Waals surface area (Å²) in [6, 6.07) is -0.524. The number of hydrogen-bond acceptors (Lipinski definition) is 9. The average Bonchev–Trinajstić information content (AvgIpc) is 3.35. The lowest BCUT2D eigenvalue weighted by atomic mass is 9.97. The molecule has 2 unspecified atom stereocenters. The van der Waals surface area contributed by atoms with Crippen LogP contribution in [0.25, 0.3) is 0 Å². The first-order valence-corrected chi connectivity index (χ1v) is 16.0. The Balaban J connectivity index is 2.35. The second kappa shape index (κ2) is 18.4. The Morgan fingerprint density at radius 1 is 1.20 bits per heavy atom. The largest absolute Gasteiger partial charge is 0.462 e. The quantitative estimate of drug-likeness (QED) is 0.0899. The number of cyclic esters (lactones) is 2. The molecule has 0 saturated carbocycles. The number of ether oxygens (including phenoxy) is 4. The van der Waals surface area contributed by atoms with Crippen LogP contribution in [-0.4, -0.2) is 60.6 Å². The van der Waals surface area contributed by atoms with Crippen molar-refractivity contribution in [3.8, 4) is 11.8 Å². The highest BCUT2D eigenvalue weighted by Gasteiger charge is 2.26. The number of methoxy groups -OCH3 is 1. The summed E-state index contributed by atoms with van der Waals surface area (Å²) in [5.74, 6) is 4.16. The molecule has 10 heteroatoms. The molecule has 2 bridgehead atoms. The summed E-state index contributed by atoms with van der Waals surface area (Å²) in [5.41, 5.74) is 1.95. The van der Waals surface area contributed by atoms with E-state index in [-0.39, 0.29) is 12.3 Å². The molecular formula is C34H48N2O7S. The van der Waals surface area contributed by atoms with Crippen LogP contribution in [0.4, 0.5) is 4.79 Å². The number of aromatic nitrogens is 1. The maximum Gasteiger partial charge on any atom is 0.407 e. The minimum absolute atomic E-state index is 0.0129. The van der Waals surface area contributed by atoms with E-state index in [1.807, 2.05) is 38.3 Å². The van der Waals surface area contributed by atoms with Crippen LogP contribution in [0, 0.1) is 11.8 Å². The maximum absolute atomic E-state index is 12.9. The SMILES string of the molecule is COCCC/C=C/C(C)=C/C1Cc2nc(cs2)[C@@H](C)CC(NC(=O)OC(C)(C)C)CC(=O)O[C@@H](C)C/C(C)=C/C#CC(=O)O1. The number of amides is 1. The number of carbonyl (C=O) groups is 3. The molecule has 0 fully saturated rings. The molecule has 2 heterocycles. The molecule has 1 amide bonds. The summed E-state index contributed by atoms with van der Waals surface area (Å²) >= 11 is 1.47. The number of unbranched alkanes of at least 4 members (excludes halogenated alkanes) is 1. The molecule has 242 valence electrons. The Hall–Kier alpha value is -3.42. The Morgan fingerprint density at radius 3 is 2.66 bits per heavy atom. The van der Waals surface area contributed by atoms with Gasteiger partial charge in [-0.1, -0.05) is 36.1 Å². The van der Waals surface area contributed by atoms with E-state index in [9.17, 15) is 14.4 Å². The van der Waals surface area contributed by atoms with E-state index in [2.05, 4.69) is 23.2 Å². The van der Waals surface area contributed by atoms with E-state index < -0.39 is 41.9 Å². The van der Waals surface area contributed by atoms with Gasteiger partial charge in [0.1, 0.15) is 17.8 Å². The van der Waals surface area contributed by atoms with Crippen molar-refractivity contribution in [2.24, 2.45) is 0 Å². The van der Waals surface area contributed by atoms with E-state index in [4.69, 9.17) is 23.9 Å². The van der Waals surface area contributed by atoms with E-state index in [1.165, 1.54) is 11.3 Å². The molecule has 4 atom stereocenters. The number of nitrogens with zero attached hydrogens (tertiary/aromatic N) is 1. The van der Waals surface area contributed by atoms with Gasteiger partial charge in [0.2, 0.25) is 0 Å². The Kier molecular flexibility index (Phi) is 15.4. The van der Waals surface area contributed by atoms with Gasteiger partial charge in [0, 0.05) is 49.8 Å². The molecule has 0 aliphatic carbocycles. The first-order chi connectivity index (χ1) is 20.7. The van der Waals surface area contributed by atoms with Crippen molar-refractivity contribution in [3.63, 3.8) is 0 Å². The average molecular weight is 629 g/mol. The van der Waals surface area contributed by atoms with Crippen molar-refractivity contribution in [2.75, 3.05) is 13.7 Å². The first-order valence-electron chi connectivity index (χ1n) is 15.1. The minimum Gasteiger partial charge on any atom is -0.462 e. The van der Waals surface area contributed by atoms with Gasteiger partial charge in [-0.15, -0.1) is 11.3 Å². The predicted molar refractivity (Wildman–Crippen MR) is 172 cm³/mol. The van der Waals surface area contributed by atoms with Gasteiger partial charge in [-0.05, 0) is 73.0 Å². The van der Waals surface area contributed by atoms with Crippen LogP contribution in [0.15, 0.2) is 40.8 Å². The van der Waals surface area contributed by atoms with Crippen molar-refractivity contribution in [2.45, 2.75) is 117 Å². The number of thiazole rings is 1. The molecule has 0 saturated heterocycles. The van der Waals surface area contributed by atoms with Crippen LogP contribution in [0.5, 0.6) is 0 Å². The Morgan fingerprint density at radius 2 is 1.95 bits per heavy atom. The van der Waals surface area contributed by atoms with Gasteiger partial charge in [-0.2, -0.15) is 0 Å². The third-order valence-corrected chi connectivity index (χ3v) is 7.35. The molecule has 0 spiro atoms. The highest BCUT2D eigenvalue weighted by Crippen LogP contribution is 2.26. The van der Waals surface area contributed by atoms with Gasteiger partial charge in [-0.25, -0.2) is 14.6 Å². The number of carbonyl (C=O) groups excluding carboxylic acids is 3. The Labute approximate surface area is 266 Å². The topological polar surface area (TPSA) is 113 Å². The van der Waals surface area contributed by atoms with Crippen LogP contribution in [0.1, 0.15) is 97.2 Å². The van der Waals surface area contributed by atoms with Crippen molar-refractivity contribution >= 4 is 29.4 Å². The van der Waals surface area contributed by atoms with Crippen molar-refractivity contribution in [1.82, 2.24) is 10.3 Å². The van der Waals surface area contributed by atoms with Gasteiger partial charge in [0.25, 0.3) is 0 Å². The van der Waals surface area contributed by atoms with E-state index >= 15 is 0 Å². The monoisotopic (exact) mass is 628 g/mol. The smallest absolute Gasteiger partial charge is 0.407 e. The molecule has 1 aliphatic rings. The summed E-state index contributed by atoms with van der Waals surface area (Å²) in [7, 11) is 1.68. The van der Waals surface area contributed by atoms with Crippen molar-refractivity contribution < 1.29 is 33.3 Å². The molecule has 0 radical (unpaired) electrons. The number of nitrogens with one attached hydrogen (secondary N) is 1. The summed E-state index contributed by atoms with van der Waals surface area (Å²) in [6.45, 7) is 13.7. The lowest BCUT2D eigenvalue weighted by Gasteiger charge is -2.25. The third kappa shape index (κ3) is 15.3. The van der Waals surface area contributed by atoms with E-state index in [1.54, 1.807) is 40.9 Å². The lowest BCUT2D eigenvalue weighted by molar-refractivity contribution is -0.148. The van der Waals surface area contributed by atoms with Gasteiger partial charge in [0.05, 0.1) is 17.1 Å². The van der Waals surface area contributed by atoms with Crippen LogP contribution in [0.2, 0.25) is 0 Å². The molecule has 1 aromatic rings. The number of hydrogen-bond donors (Lipinski definition) is 1. The molecule has 2 rings (SSSR count). The number of alkyl carbamates (subject to hydrolysis) is 1. The van der Waals surface area contributed by atoms with Crippen LogP contribution in [0.3, 0.4) is 0 Å². The van der Waals surface area contributed by atoms with Crippen LogP contribution in [-0.2, 0) is 35.0 Å². The molecular weight excluding hydrogens is 580 g/mol. The lowest BCUT2D eigenvalue weighted by Crippen LogP contribution is -2.41. The van der Waals surface area contributed by atoms with Gasteiger partial charge < -0.3 is 24.3 Å². The van der Waals surface area contributed by atoms with E-state index in [0.29, 0.717) is 25.9 Å². The number of fused-ring (bicyclic) bond motifs is 2. The summed E-state index contributed by atoms with van der Waals surface area (Å²) in [4.78, 5) is 43.0. The Bertz CT molecular complexity index is 1260. The highest BCUT2D eigenvalue weighted by molar-refractivity contribution is 7.09. The molecule has 1 N–H and O–H groups in total. The standard InChI is InChI=1S/C34H48N2O7S/c1-23-14-12-15-31(37)42-28(18-24(2)13-10-9-11-16-40-8)21-30-36-29(22-44-30)25(3)19-27(20-32(38)41-26(4)17-23)35-33(39)43-34(5,6)7/h10,13-14,18,22,25-28H,9,11,16-17,19-21H2,1-8H3,(H,35,39)/b13-10+,23-14+,24-18+/t25-,26-,27?,28?/m0/s1. The number of esters is 2. The highest BCUT2D eigenvalue weighted by atomic mass is 32.1. The molecule has 9 nitrogen and oxygen atoms in total. The van der Waals surface area contributed by atoms with Gasteiger partial charge >= 0.3 is 18.0 Å². The van der Waals surface area contributed by atoms with E-state index in [0.717, 1.165) is 34.7 Å². The fourth-order valence-electron chi connectivity index (χ4n) is 4.54. The van der Waals surface area contributed by atoms with Gasteiger partial charge in [-0.3, -0.25) is 4.79 Å². The number of allylic oxidation sites excluding steroid dienone is 4. The molecule has 0 aromatic carbocycles. The zero-order valence-corrected chi connectivity index (χ0v) is 28.2. The number of rotatable bonds is 7. The molecule has 44 heavy (non-hydrogen) atoms. The minimum atomic E-state index is -0.678. The second-order valence-electron chi connectivity index (χ2n) is 12.2. The summed E-state index contributed by atoms with van der Waals surface area (Å²) < 4.78 is 22.0. The third-order valence-electron chi connectivity index (χ3n) is 6.46. The second-order valence-corrected chi connectivity index (χ2v) is 13.2. The van der Waals surface area contributed by atoms with Crippen molar-refractivity contribution in [3.05, 3.63) is 51.5 Å². The normalized spacial score (nSPS) is 24.0. The van der Waals surface area contributed by atoms with Crippen LogP contribution < -0.4 is 5.32 Å². The molecule has 1 aliphatic heterocycles. The summed E-state index contributed by atoms with van der Waals surface area (Å²) in [5, 5.41) is 5.61. The predicted octanol–water partition coefficient (Wildman–Crippen LogP) is 6.59. The fourth-order valence-corrected chi connectivity index (χ4v) is 5.50. The molecule has 1 aromatic heterocycles. The first kappa shape index (κ1) is 36.8. The summed E-state index contributed by atoms with van der Waals surface area (Å²) in [6.07, 6.45) is 9.11.